The Morgan fingerprint density at radius 1 is 1.43 bits per heavy atom. The van der Waals surface area contributed by atoms with Gasteiger partial charge in [-0.3, -0.25) is 4.68 Å². The van der Waals surface area contributed by atoms with Crippen molar-refractivity contribution in [1.29, 1.82) is 0 Å². The molecule has 0 bridgehead atoms. The average molecular weight is 259 g/mol. The highest BCUT2D eigenvalue weighted by Crippen LogP contribution is 2.25. The molecule has 1 aromatic heterocycles. The summed E-state index contributed by atoms with van der Waals surface area (Å²) in [4.78, 5) is 0. The highest BCUT2D eigenvalue weighted by molar-refractivity contribution is 9.10. The molecule has 4 heteroatoms. The maximum absolute atomic E-state index is 9.37. The first-order chi connectivity index (χ1) is 6.74. The fourth-order valence-electron chi connectivity index (χ4n) is 2.03. The molecule has 0 spiro atoms. The zero-order valence-electron chi connectivity index (χ0n) is 8.06. The Bertz CT molecular complexity index is 292. The standard InChI is InChI=1S/C10H15BrN2O/c11-9-5-12-13(7-9)6-8-1-3-10(14)4-2-8/h5,7-8,10,14H,1-4,6H2. The van der Waals surface area contributed by atoms with E-state index in [1.54, 1.807) is 0 Å². The molecular weight excluding hydrogens is 244 g/mol. The van der Waals surface area contributed by atoms with Gasteiger partial charge >= 0.3 is 0 Å². The predicted octanol–water partition coefficient (Wildman–Crippen LogP) is 2.20. The summed E-state index contributed by atoms with van der Waals surface area (Å²) < 4.78 is 3.01. The third-order valence-electron chi connectivity index (χ3n) is 2.86. The normalized spacial score (nSPS) is 27.9. The lowest BCUT2D eigenvalue weighted by molar-refractivity contribution is 0.103. The van der Waals surface area contributed by atoms with Crippen molar-refractivity contribution in [3.05, 3.63) is 16.9 Å². The van der Waals surface area contributed by atoms with Crippen LogP contribution in [0.15, 0.2) is 16.9 Å². The largest absolute Gasteiger partial charge is 0.393 e. The minimum Gasteiger partial charge on any atom is -0.393 e. The lowest BCUT2D eigenvalue weighted by Crippen LogP contribution is -2.21. The van der Waals surface area contributed by atoms with E-state index in [9.17, 15) is 5.11 Å². The van der Waals surface area contributed by atoms with Crippen LogP contribution in [0.25, 0.3) is 0 Å². The smallest absolute Gasteiger partial charge is 0.0632 e. The van der Waals surface area contributed by atoms with Crippen LogP contribution in [0.1, 0.15) is 25.7 Å². The van der Waals surface area contributed by atoms with E-state index in [4.69, 9.17) is 0 Å². The molecule has 3 nitrogen and oxygen atoms in total. The molecule has 0 unspecified atom stereocenters. The summed E-state index contributed by atoms with van der Waals surface area (Å²) in [7, 11) is 0. The Kier molecular flexibility index (Phi) is 3.23. The number of rotatable bonds is 2. The van der Waals surface area contributed by atoms with E-state index in [1.807, 2.05) is 17.1 Å². The summed E-state index contributed by atoms with van der Waals surface area (Å²) >= 11 is 3.38. The second-order valence-electron chi connectivity index (χ2n) is 4.06. The summed E-state index contributed by atoms with van der Waals surface area (Å²) in [5, 5.41) is 13.6. The zero-order valence-corrected chi connectivity index (χ0v) is 9.65. The van der Waals surface area contributed by atoms with Crippen LogP contribution >= 0.6 is 15.9 Å². The van der Waals surface area contributed by atoms with Crippen LogP contribution in [0.3, 0.4) is 0 Å². The van der Waals surface area contributed by atoms with Crippen LogP contribution in [-0.2, 0) is 6.54 Å². The van der Waals surface area contributed by atoms with Gasteiger partial charge in [0.1, 0.15) is 0 Å². The molecule has 1 N–H and O–H groups in total. The second kappa shape index (κ2) is 4.45. The van der Waals surface area contributed by atoms with Gasteiger partial charge in [0.25, 0.3) is 0 Å². The van der Waals surface area contributed by atoms with Crippen molar-refractivity contribution in [3.8, 4) is 0 Å². The Morgan fingerprint density at radius 3 is 2.71 bits per heavy atom. The average Bonchev–Trinajstić information content (AvgIpc) is 2.56. The number of aliphatic hydroxyl groups is 1. The summed E-state index contributed by atoms with van der Waals surface area (Å²) in [5.41, 5.74) is 0. The molecule has 0 atom stereocenters. The predicted molar refractivity (Wildman–Crippen MR) is 57.9 cm³/mol. The van der Waals surface area contributed by atoms with Gasteiger partial charge in [0.05, 0.1) is 16.8 Å². The molecular formula is C10H15BrN2O. The lowest BCUT2D eigenvalue weighted by Gasteiger charge is -2.25. The molecule has 78 valence electrons. The molecule has 1 aromatic rings. The van der Waals surface area contributed by atoms with E-state index in [-0.39, 0.29) is 6.10 Å². The van der Waals surface area contributed by atoms with Crippen LogP contribution < -0.4 is 0 Å². The van der Waals surface area contributed by atoms with Crippen LogP contribution in [0, 0.1) is 5.92 Å². The fraction of sp³-hybridized carbons (Fsp3) is 0.700. The molecule has 1 heterocycles. The Hall–Kier alpha value is -0.350. The molecule has 0 aromatic carbocycles. The summed E-state index contributed by atoms with van der Waals surface area (Å²) in [6, 6.07) is 0. The van der Waals surface area contributed by atoms with Gasteiger partial charge in [-0.2, -0.15) is 5.10 Å². The third kappa shape index (κ3) is 2.58. The van der Waals surface area contributed by atoms with Crippen molar-refractivity contribution in [2.24, 2.45) is 5.92 Å². The van der Waals surface area contributed by atoms with Gasteiger partial charge in [0, 0.05) is 12.7 Å². The van der Waals surface area contributed by atoms with Gasteiger partial charge in [-0.25, -0.2) is 0 Å². The number of hydrogen-bond donors (Lipinski definition) is 1. The monoisotopic (exact) mass is 258 g/mol. The molecule has 0 radical (unpaired) electrons. The van der Waals surface area contributed by atoms with E-state index in [0.29, 0.717) is 5.92 Å². The van der Waals surface area contributed by atoms with Gasteiger partial charge in [-0.1, -0.05) is 0 Å². The highest BCUT2D eigenvalue weighted by atomic mass is 79.9. The summed E-state index contributed by atoms with van der Waals surface area (Å²) in [6.45, 7) is 0.984. The van der Waals surface area contributed by atoms with Crippen LogP contribution in [0.5, 0.6) is 0 Å². The van der Waals surface area contributed by atoms with Gasteiger partial charge < -0.3 is 5.11 Å². The van der Waals surface area contributed by atoms with Gasteiger partial charge in [-0.05, 0) is 47.5 Å². The fourth-order valence-corrected chi connectivity index (χ4v) is 2.36. The molecule has 1 aliphatic rings. The Morgan fingerprint density at radius 2 is 2.14 bits per heavy atom. The quantitative estimate of drug-likeness (QED) is 0.884. The molecule has 0 amide bonds. The van der Waals surface area contributed by atoms with Crippen molar-refractivity contribution >= 4 is 15.9 Å². The van der Waals surface area contributed by atoms with E-state index >= 15 is 0 Å². The Balaban J connectivity index is 1.86. The number of aliphatic hydroxyl groups excluding tert-OH is 1. The second-order valence-corrected chi connectivity index (χ2v) is 4.97. The summed E-state index contributed by atoms with van der Waals surface area (Å²) in [6.07, 6.45) is 7.91. The first-order valence-electron chi connectivity index (χ1n) is 5.10. The van der Waals surface area contributed by atoms with E-state index in [2.05, 4.69) is 21.0 Å². The van der Waals surface area contributed by atoms with Crippen molar-refractivity contribution in [1.82, 2.24) is 9.78 Å². The van der Waals surface area contributed by atoms with Gasteiger partial charge in [-0.15, -0.1) is 0 Å². The van der Waals surface area contributed by atoms with E-state index < -0.39 is 0 Å². The SMILES string of the molecule is OC1CCC(Cn2cc(Br)cn2)CC1. The minimum absolute atomic E-state index is 0.0596. The van der Waals surface area contributed by atoms with Gasteiger partial charge in [0.15, 0.2) is 0 Å². The number of hydrogen-bond acceptors (Lipinski definition) is 2. The van der Waals surface area contributed by atoms with Crippen molar-refractivity contribution in [2.75, 3.05) is 0 Å². The van der Waals surface area contributed by atoms with Crippen molar-refractivity contribution in [2.45, 2.75) is 38.3 Å². The Labute approximate surface area is 92.2 Å². The minimum atomic E-state index is -0.0596. The molecule has 2 rings (SSSR count). The van der Waals surface area contributed by atoms with Crippen molar-refractivity contribution < 1.29 is 5.11 Å². The number of nitrogens with zero attached hydrogens (tertiary/aromatic N) is 2. The third-order valence-corrected chi connectivity index (χ3v) is 3.27. The van der Waals surface area contributed by atoms with E-state index in [1.165, 1.54) is 0 Å². The number of aromatic nitrogens is 2. The first-order valence-corrected chi connectivity index (χ1v) is 5.89. The maximum atomic E-state index is 9.37. The molecule has 1 saturated carbocycles. The van der Waals surface area contributed by atoms with Crippen LogP contribution in [-0.4, -0.2) is 21.0 Å². The maximum Gasteiger partial charge on any atom is 0.0632 e. The summed E-state index contributed by atoms with van der Waals surface area (Å²) in [5.74, 6) is 0.685. The van der Waals surface area contributed by atoms with Gasteiger partial charge in [0.2, 0.25) is 0 Å². The number of halogens is 1. The van der Waals surface area contributed by atoms with Crippen molar-refractivity contribution in [3.63, 3.8) is 0 Å². The zero-order chi connectivity index (χ0) is 9.97. The molecule has 0 saturated heterocycles. The molecule has 14 heavy (non-hydrogen) atoms. The molecule has 1 aliphatic carbocycles. The van der Waals surface area contributed by atoms with E-state index in [0.717, 1.165) is 36.7 Å². The van der Waals surface area contributed by atoms with Crippen LogP contribution in [0.4, 0.5) is 0 Å². The topological polar surface area (TPSA) is 38.0 Å². The highest BCUT2D eigenvalue weighted by Gasteiger charge is 2.19. The molecule has 1 fully saturated rings. The van der Waals surface area contributed by atoms with Crippen LogP contribution in [0.2, 0.25) is 0 Å². The lowest BCUT2D eigenvalue weighted by atomic mass is 9.87. The first kappa shape index (κ1) is 10.2. The molecule has 0 aliphatic heterocycles.